The van der Waals surface area contributed by atoms with Gasteiger partial charge in [0.05, 0.1) is 22.2 Å². The topological polar surface area (TPSA) is 98.2 Å². The third-order valence-electron chi connectivity index (χ3n) is 2.73. The standard InChI is InChI=1S/C13H10N2OS.CH3NO2/c1-15-8-14-10-5-4-9(7-11(10)15)13(16)12-3-2-6-17-12;2-1(3)4/h2-8H,1H3;2H2,(H,3,4). The molecule has 6 nitrogen and oxygen atoms in total. The number of aryl methyl sites for hydroxylation is 1. The fourth-order valence-electron chi connectivity index (χ4n) is 1.82. The van der Waals surface area contributed by atoms with E-state index in [0.29, 0.717) is 5.56 Å². The lowest BCUT2D eigenvalue weighted by molar-refractivity contribution is 0.104. The number of ketones is 1. The number of carboxylic acid groups (broad SMARTS) is 1. The van der Waals surface area contributed by atoms with Gasteiger partial charge >= 0.3 is 6.09 Å². The first-order valence-corrected chi connectivity index (χ1v) is 6.84. The molecule has 0 aliphatic carbocycles. The molecular weight excluding hydrogens is 290 g/mol. The van der Waals surface area contributed by atoms with Gasteiger partial charge in [0.15, 0.2) is 0 Å². The van der Waals surface area contributed by atoms with Gasteiger partial charge in [0.1, 0.15) is 0 Å². The normalized spacial score (nSPS) is 9.95. The second-order valence-electron chi connectivity index (χ2n) is 4.20. The summed E-state index contributed by atoms with van der Waals surface area (Å²) >= 11 is 1.47. The number of nitrogens with zero attached hydrogens (tertiary/aromatic N) is 2. The van der Waals surface area contributed by atoms with Crippen LogP contribution in [-0.4, -0.2) is 26.5 Å². The molecule has 0 aliphatic rings. The van der Waals surface area contributed by atoms with E-state index in [9.17, 15) is 4.79 Å². The van der Waals surface area contributed by atoms with Crippen molar-refractivity contribution in [1.82, 2.24) is 9.55 Å². The predicted molar refractivity (Wildman–Crippen MR) is 80.7 cm³/mol. The predicted octanol–water partition coefficient (Wildman–Crippen LogP) is 2.49. The Labute approximate surface area is 124 Å². The molecule has 0 radical (unpaired) electrons. The number of hydrogen-bond donors (Lipinski definition) is 2. The third kappa shape index (κ3) is 3.46. The molecule has 0 unspecified atom stereocenters. The van der Waals surface area contributed by atoms with E-state index in [1.54, 1.807) is 6.33 Å². The Morgan fingerprint density at radius 2 is 2.05 bits per heavy atom. The molecule has 21 heavy (non-hydrogen) atoms. The highest BCUT2D eigenvalue weighted by Crippen LogP contribution is 2.19. The second-order valence-corrected chi connectivity index (χ2v) is 5.15. The largest absolute Gasteiger partial charge is 0.465 e. The maximum atomic E-state index is 12.2. The number of carbonyl (C=O) groups is 2. The SMILES string of the molecule is Cn1cnc2ccc(C(=O)c3cccs3)cc21.NC(=O)O. The molecule has 108 valence electrons. The summed E-state index contributed by atoms with van der Waals surface area (Å²) in [5.41, 5.74) is 6.63. The van der Waals surface area contributed by atoms with Gasteiger partial charge in [0, 0.05) is 12.6 Å². The van der Waals surface area contributed by atoms with Crippen LogP contribution in [0.25, 0.3) is 11.0 Å². The zero-order valence-electron chi connectivity index (χ0n) is 11.2. The fourth-order valence-corrected chi connectivity index (χ4v) is 2.50. The van der Waals surface area contributed by atoms with E-state index in [1.165, 1.54) is 11.3 Å². The van der Waals surface area contributed by atoms with Gasteiger partial charge in [-0.2, -0.15) is 0 Å². The molecule has 7 heteroatoms. The van der Waals surface area contributed by atoms with E-state index in [2.05, 4.69) is 10.7 Å². The maximum Gasteiger partial charge on any atom is 0.402 e. The van der Waals surface area contributed by atoms with Crippen LogP contribution in [0, 0.1) is 0 Å². The number of rotatable bonds is 2. The van der Waals surface area contributed by atoms with Gasteiger partial charge in [-0.05, 0) is 29.6 Å². The molecular formula is C14H13N3O3S. The zero-order valence-corrected chi connectivity index (χ0v) is 12.0. The van der Waals surface area contributed by atoms with Crippen LogP contribution in [0.4, 0.5) is 4.79 Å². The summed E-state index contributed by atoms with van der Waals surface area (Å²) in [6, 6.07) is 9.35. The highest BCUT2D eigenvalue weighted by molar-refractivity contribution is 7.12. The molecule has 0 saturated carbocycles. The van der Waals surface area contributed by atoms with Gasteiger partial charge in [-0.15, -0.1) is 11.3 Å². The summed E-state index contributed by atoms with van der Waals surface area (Å²) in [6.07, 6.45) is 0.421. The highest BCUT2D eigenvalue weighted by Gasteiger charge is 2.11. The molecule has 0 bridgehead atoms. The summed E-state index contributed by atoms with van der Waals surface area (Å²) < 4.78 is 1.92. The number of benzene rings is 1. The maximum absolute atomic E-state index is 12.2. The van der Waals surface area contributed by atoms with Crippen LogP contribution >= 0.6 is 11.3 Å². The number of primary amides is 1. The van der Waals surface area contributed by atoms with E-state index < -0.39 is 6.09 Å². The van der Waals surface area contributed by atoms with Gasteiger partial charge in [-0.1, -0.05) is 6.07 Å². The van der Waals surface area contributed by atoms with Gasteiger partial charge in [-0.3, -0.25) is 4.79 Å². The Kier molecular flexibility index (Phi) is 4.34. The first kappa shape index (κ1) is 14.7. The molecule has 2 aromatic heterocycles. The van der Waals surface area contributed by atoms with Crippen molar-refractivity contribution in [1.29, 1.82) is 0 Å². The molecule has 0 fully saturated rings. The lowest BCUT2D eigenvalue weighted by Gasteiger charge is -1.99. The monoisotopic (exact) mass is 303 g/mol. The number of amides is 1. The van der Waals surface area contributed by atoms with E-state index in [4.69, 9.17) is 9.90 Å². The minimum atomic E-state index is -1.33. The summed E-state index contributed by atoms with van der Waals surface area (Å²) in [5.74, 6) is 0.0723. The van der Waals surface area contributed by atoms with E-state index in [1.807, 2.05) is 47.3 Å². The molecule has 0 atom stereocenters. The Morgan fingerprint density at radius 3 is 2.67 bits per heavy atom. The molecule has 2 heterocycles. The summed E-state index contributed by atoms with van der Waals surface area (Å²) in [4.78, 5) is 25.9. The van der Waals surface area contributed by atoms with Crippen molar-refractivity contribution >= 4 is 34.2 Å². The number of fused-ring (bicyclic) bond motifs is 1. The number of nitrogens with two attached hydrogens (primary N) is 1. The lowest BCUT2D eigenvalue weighted by atomic mass is 10.1. The Balaban J connectivity index is 0.000000361. The number of aromatic nitrogens is 2. The molecule has 3 N–H and O–H groups in total. The van der Waals surface area contributed by atoms with Crippen LogP contribution in [0.2, 0.25) is 0 Å². The van der Waals surface area contributed by atoms with Crippen molar-refractivity contribution in [2.75, 3.05) is 0 Å². The molecule has 0 spiro atoms. The van der Waals surface area contributed by atoms with Gasteiger partial charge in [0.2, 0.25) is 5.78 Å². The fraction of sp³-hybridized carbons (Fsp3) is 0.0714. The lowest BCUT2D eigenvalue weighted by Crippen LogP contribution is -2.03. The van der Waals surface area contributed by atoms with E-state index in [0.717, 1.165) is 15.9 Å². The average Bonchev–Trinajstić information content (AvgIpc) is 3.07. The minimum Gasteiger partial charge on any atom is -0.465 e. The number of imidazole rings is 1. The van der Waals surface area contributed by atoms with Gasteiger partial charge in [0.25, 0.3) is 0 Å². The summed E-state index contributed by atoms with van der Waals surface area (Å²) in [7, 11) is 1.93. The smallest absolute Gasteiger partial charge is 0.402 e. The zero-order chi connectivity index (χ0) is 15.4. The Hall–Kier alpha value is -2.67. The van der Waals surface area contributed by atoms with Crippen molar-refractivity contribution in [3.05, 3.63) is 52.5 Å². The first-order valence-electron chi connectivity index (χ1n) is 5.96. The first-order chi connectivity index (χ1) is 9.99. The van der Waals surface area contributed by atoms with Crippen LogP contribution in [0.5, 0.6) is 0 Å². The summed E-state index contributed by atoms with van der Waals surface area (Å²) in [5, 5.41) is 9.11. The molecule has 3 aromatic rings. The Bertz CT molecular complexity index is 774. The van der Waals surface area contributed by atoms with Crippen molar-refractivity contribution < 1.29 is 14.7 Å². The van der Waals surface area contributed by atoms with Crippen molar-refractivity contribution in [2.24, 2.45) is 12.8 Å². The van der Waals surface area contributed by atoms with E-state index >= 15 is 0 Å². The van der Waals surface area contributed by atoms with Gasteiger partial charge < -0.3 is 15.4 Å². The highest BCUT2D eigenvalue weighted by atomic mass is 32.1. The van der Waals surface area contributed by atoms with Crippen LogP contribution in [-0.2, 0) is 7.05 Å². The second kappa shape index (κ2) is 6.19. The van der Waals surface area contributed by atoms with Crippen molar-refractivity contribution in [3.8, 4) is 0 Å². The van der Waals surface area contributed by atoms with Crippen molar-refractivity contribution in [3.63, 3.8) is 0 Å². The minimum absolute atomic E-state index is 0.0723. The molecule has 1 amide bonds. The molecule has 3 rings (SSSR count). The molecule has 0 saturated heterocycles. The number of hydrogen-bond acceptors (Lipinski definition) is 4. The third-order valence-corrected chi connectivity index (χ3v) is 3.60. The Morgan fingerprint density at radius 1 is 1.33 bits per heavy atom. The van der Waals surface area contributed by atoms with Crippen molar-refractivity contribution in [2.45, 2.75) is 0 Å². The van der Waals surface area contributed by atoms with Crippen LogP contribution in [0.15, 0.2) is 42.0 Å². The van der Waals surface area contributed by atoms with Gasteiger partial charge in [-0.25, -0.2) is 9.78 Å². The average molecular weight is 303 g/mol. The van der Waals surface area contributed by atoms with Crippen LogP contribution < -0.4 is 5.73 Å². The summed E-state index contributed by atoms with van der Waals surface area (Å²) in [6.45, 7) is 0. The van der Waals surface area contributed by atoms with Crippen LogP contribution in [0.3, 0.4) is 0 Å². The molecule has 1 aromatic carbocycles. The quantitative estimate of drug-likeness (QED) is 0.710. The number of carbonyl (C=O) groups excluding carboxylic acids is 1. The molecule has 0 aliphatic heterocycles. The van der Waals surface area contributed by atoms with E-state index in [-0.39, 0.29) is 5.78 Å². The number of thiophene rings is 1. The van der Waals surface area contributed by atoms with Crippen LogP contribution in [0.1, 0.15) is 15.2 Å².